The van der Waals surface area contributed by atoms with Gasteiger partial charge in [-0.25, -0.2) is 4.98 Å². The van der Waals surface area contributed by atoms with Crippen molar-refractivity contribution >= 4 is 17.1 Å². The number of hydrogen-bond donors (Lipinski definition) is 1. The number of hydrogen-bond acceptors (Lipinski definition) is 2. The van der Waals surface area contributed by atoms with Crippen LogP contribution in [0.25, 0.3) is 5.52 Å². The molecule has 3 nitrogen and oxygen atoms in total. The van der Waals surface area contributed by atoms with Gasteiger partial charge in [-0.1, -0.05) is 17.7 Å². The number of halogens is 1. The van der Waals surface area contributed by atoms with E-state index in [1.165, 1.54) is 6.42 Å². The van der Waals surface area contributed by atoms with Crippen LogP contribution >= 0.6 is 11.6 Å². The molecule has 0 saturated carbocycles. The number of aromatic nitrogens is 2. The molecule has 1 aliphatic rings. The van der Waals surface area contributed by atoms with Crippen molar-refractivity contribution in [3.63, 3.8) is 0 Å². The lowest BCUT2D eigenvalue weighted by Crippen LogP contribution is -2.15. The standard InChI is InChI=1S/C11H12ClN3/c12-10-9-5-1-2-7-15(9)11(14-10)8-4-3-6-13-8/h1-2,5,7-8,13H,3-4,6H2. The molecule has 78 valence electrons. The zero-order valence-corrected chi connectivity index (χ0v) is 9.04. The largest absolute Gasteiger partial charge is 0.307 e. The molecule has 2 aromatic rings. The number of rotatable bonds is 1. The van der Waals surface area contributed by atoms with Crippen LogP contribution in [-0.2, 0) is 0 Å². The summed E-state index contributed by atoms with van der Waals surface area (Å²) in [6, 6.07) is 6.33. The third-order valence-corrected chi connectivity index (χ3v) is 3.18. The first-order valence-electron chi connectivity index (χ1n) is 5.22. The highest BCUT2D eigenvalue weighted by molar-refractivity contribution is 6.32. The number of pyridine rings is 1. The summed E-state index contributed by atoms with van der Waals surface area (Å²) in [5.74, 6) is 1.04. The van der Waals surface area contributed by atoms with E-state index in [2.05, 4.69) is 14.7 Å². The smallest absolute Gasteiger partial charge is 0.155 e. The monoisotopic (exact) mass is 221 g/mol. The number of imidazole rings is 1. The summed E-state index contributed by atoms with van der Waals surface area (Å²) in [5.41, 5.74) is 0.989. The predicted molar refractivity (Wildman–Crippen MR) is 60.2 cm³/mol. The van der Waals surface area contributed by atoms with Gasteiger partial charge >= 0.3 is 0 Å². The fraction of sp³-hybridized carbons (Fsp3) is 0.364. The van der Waals surface area contributed by atoms with Gasteiger partial charge in [0.25, 0.3) is 0 Å². The first kappa shape index (κ1) is 9.19. The summed E-state index contributed by atoms with van der Waals surface area (Å²) in [6.07, 6.45) is 4.37. The van der Waals surface area contributed by atoms with Gasteiger partial charge in [-0.15, -0.1) is 0 Å². The van der Waals surface area contributed by atoms with Crippen LogP contribution in [0.3, 0.4) is 0 Å². The van der Waals surface area contributed by atoms with Crippen LogP contribution in [0.15, 0.2) is 24.4 Å². The zero-order valence-electron chi connectivity index (χ0n) is 8.28. The lowest BCUT2D eigenvalue weighted by molar-refractivity contribution is 0.603. The average molecular weight is 222 g/mol. The summed E-state index contributed by atoms with van der Waals surface area (Å²) in [6.45, 7) is 1.07. The fourth-order valence-corrected chi connectivity index (χ4v) is 2.41. The maximum Gasteiger partial charge on any atom is 0.155 e. The van der Waals surface area contributed by atoms with Crippen LogP contribution in [0.2, 0.25) is 5.15 Å². The SMILES string of the molecule is Clc1nc(C2CCCN2)n2ccccc12. The first-order valence-corrected chi connectivity index (χ1v) is 5.60. The van der Waals surface area contributed by atoms with Crippen molar-refractivity contribution < 1.29 is 0 Å². The molecule has 0 spiro atoms. The second kappa shape index (κ2) is 3.51. The molecular weight excluding hydrogens is 210 g/mol. The van der Waals surface area contributed by atoms with Crippen LogP contribution < -0.4 is 5.32 Å². The Morgan fingerprint density at radius 3 is 3.20 bits per heavy atom. The Morgan fingerprint density at radius 2 is 2.40 bits per heavy atom. The van der Waals surface area contributed by atoms with Gasteiger partial charge < -0.3 is 9.72 Å². The van der Waals surface area contributed by atoms with Crippen molar-refractivity contribution in [2.45, 2.75) is 18.9 Å². The van der Waals surface area contributed by atoms with Crippen LogP contribution in [-0.4, -0.2) is 15.9 Å². The molecule has 1 N–H and O–H groups in total. The molecule has 1 fully saturated rings. The molecule has 4 heteroatoms. The summed E-state index contributed by atoms with van der Waals surface area (Å²) in [4.78, 5) is 4.44. The Labute approximate surface area is 93.1 Å². The first-order chi connectivity index (χ1) is 7.36. The van der Waals surface area contributed by atoms with Gasteiger partial charge in [0.2, 0.25) is 0 Å². The number of nitrogens with one attached hydrogen (secondary N) is 1. The molecule has 0 aromatic carbocycles. The van der Waals surface area contributed by atoms with Crippen LogP contribution in [0.1, 0.15) is 24.7 Å². The van der Waals surface area contributed by atoms with E-state index in [4.69, 9.17) is 11.6 Å². The van der Waals surface area contributed by atoms with Gasteiger partial charge in [-0.3, -0.25) is 0 Å². The van der Waals surface area contributed by atoms with E-state index in [0.29, 0.717) is 11.2 Å². The molecule has 3 heterocycles. The maximum atomic E-state index is 6.10. The Balaban J connectivity index is 2.17. The Hall–Kier alpha value is -1.06. The van der Waals surface area contributed by atoms with Crippen molar-refractivity contribution in [2.24, 2.45) is 0 Å². The van der Waals surface area contributed by atoms with E-state index in [1.807, 2.05) is 24.4 Å². The predicted octanol–water partition coefficient (Wildman–Crippen LogP) is 2.41. The molecule has 0 amide bonds. The van der Waals surface area contributed by atoms with Crippen LogP contribution in [0, 0.1) is 0 Å². The van der Waals surface area contributed by atoms with Gasteiger partial charge in [0.1, 0.15) is 5.82 Å². The summed E-state index contributed by atoms with van der Waals surface area (Å²) in [7, 11) is 0. The molecular formula is C11H12ClN3. The highest BCUT2D eigenvalue weighted by Crippen LogP contribution is 2.26. The minimum Gasteiger partial charge on any atom is -0.307 e. The average Bonchev–Trinajstić information content (AvgIpc) is 2.87. The van der Waals surface area contributed by atoms with E-state index < -0.39 is 0 Å². The van der Waals surface area contributed by atoms with Crippen LogP contribution in [0.5, 0.6) is 0 Å². The minimum absolute atomic E-state index is 0.354. The summed E-state index contributed by atoms with van der Waals surface area (Å²) < 4.78 is 2.07. The van der Waals surface area contributed by atoms with Gasteiger partial charge in [0.15, 0.2) is 5.15 Å². The zero-order chi connectivity index (χ0) is 10.3. The molecule has 0 aliphatic carbocycles. The molecule has 1 saturated heterocycles. The van der Waals surface area contributed by atoms with E-state index in [-0.39, 0.29) is 0 Å². The number of fused-ring (bicyclic) bond motifs is 1. The molecule has 1 aliphatic heterocycles. The fourth-order valence-electron chi connectivity index (χ4n) is 2.17. The Bertz CT molecular complexity index is 486. The van der Waals surface area contributed by atoms with Gasteiger partial charge in [0.05, 0.1) is 11.6 Å². The van der Waals surface area contributed by atoms with Gasteiger partial charge in [0, 0.05) is 6.20 Å². The van der Waals surface area contributed by atoms with Gasteiger partial charge in [-0.2, -0.15) is 0 Å². The Kier molecular flexibility index (Phi) is 2.15. The third-order valence-electron chi connectivity index (χ3n) is 2.90. The minimum atomic E-state index is 0.354. The molecule has 1 atom stereocenters. The lowest BCUT2D eigenvalue weighted by Gasteiger charge is -2.08. The second-order valence-electron chi connectivity index (χ2n) is 3.87. The molecule has 15 heavy (non-hydrogen) atoms. The molecule has 0 radical (unpaired) electrons. The van der Waals surface area contributed by atoms with Crippen molar-refractivity contribution in [3.05, 3.63) is 35.4 Å². The normalized spacial score (nSPS) is 21.3. The van der Waals surface area contributed by atoms with E-state index in [9.17, 15) is 0 Å². The van der Waals surface area contributed by atoms with Crippen molar-refractivity contribution in [1.29, 1.82) is 0 Å². The van der Waals surface area contributed by atoms with Crippen molar-refractivity contribution in [2.75, 3.05) is 6.54 Å². The van der Waals surface area contributed by atoms with Crippen LogP contribution in [0.4, 0.5) is 0 Å². The van der Waals surface area contributed by atoms with E-state index in [0.717, 1.165) is 24.3 Å². The maximum absolute atomic E-state index is 6.10. The summed E-state index contributed by atoms with van der Waals surface area (Å²) >= 11 is 6.10. The summed E-state index contributed by atoms with van der Waals surface area (Å²) in [5, 5.41) is 4.03. The van der Waals surface area contributed by atoms with Gasteiger partial charge in [-0.05, 0) is 31.5 Å². The highest BCUT2D eigenvalue weighted by atomic mass is 35.5. The van der Waals surface area contributed by atoms with Crippen molar-refractivity contribution in [3.8, 4) is 0 Å². The number of nitrogens with zero attached hydrogens (tertiary/aromatic N) is 2. The lowest BCUT2D eigenvalue weighted by atomic mass is 10.2. The molecule has 1 unspecified atom stereocenters. The van der Waals surface area contributed by atoms with Crippen molar-refractivity contribution in [1.82, 2.24) is 14.7 Å². The molecule has 3 rings (SSSR count). The topological polar surface area (TPSA) is 29.3 Å². The Morgan fingerprint density at radius 1 is 1.47 bits per heavy atom. The molecule has 0 bridgehead atoms. The van der Waals surface area contributed by atoms with E-state index >= 15 is 0 Å². The highest BCUT2D eigenvalue weighted by Gasteiger charge is 2.21. The second-order valence-corrected chi connectivity index (χ2v) is 4.22. The third kappa shape index (κ3) is 1.43. The van der Waals surface area contributed by atoms with E-state index in [1.54, 1.807) is 0 Å². The molecule has 2 aromatic heterocycles. The quantitative estimate of drug-likeness (QED) is 0.802.